The predicted octanol–water partition coefficient (Wildman–Crippen LogP) is 1.74. The van der Waals surface area contributed by atoms with Crippen LogP contribution in [0.1, 0.15) is 40.5 Å². The maximum Gasteiger partial charge on any atom is 0.230 e. The molecule has 0 bridgehead atoms. The highest BCUT2D eigenvalue weighted by Gasteiger charge is 2.35. The van der Waals surface area contributed by atoms with Crippen LogP contribution >= 0.6 is 11.8 Å². The van der Waals surface area contributed by atoms with Crippen LogP contribution in [0.3, 0.4) is 0 Å². The van der Waals surface area contributed by atoms with Crippen molar-refractivity contribution in [2.75, 3.05) is 0 Å². The second-order valence-electron chi connectivity index (χ2n) is 3.42. The first-order chi connectivity index (χ1) is 6.39. The van der Waals surface area contributed by atoms with E-state index in [-0.39, 0.29) is 16.9 Å². The number of hydrogen-bond donors (Lipinski definition) is 1. The highest BCUT2D eigenvalue weighted by atomic mass is 32.2. The van der Waals surface area contributed by atoms with Gasteiger partial charge in [0.1, 0.15) is 5.78 Å². The smallest absolute Gasteiger partial charge is 0.230 e. The first-order valence-corrected chi connectivity index (χ1v) is 5.75. The maximum absolute atomic E-state index is 11.5. The normalized spacial score (nSPS) is 13.7. The molecule has 14 heavy (non-hydrogen) atoms. The Morgan fingerprint density at radius 1 is 1.36 bits per heavy atom. The highest BCUT2D eigenvalue weighted by molar-refractivity contribution is 8.02. The molecule has 0 radical (unpaired) electrons. The SMILES string of the molecule is CCC(CC)(SC(C)C(N)=O)C(C)=O. The second-order valence-corrected chi connectivity index (χ2v) is 5.14. The molecule has 1 amide bonds. The monoisotopic (exact) mass is 217 g/mol. The molecule has 0 fully saturated rings. The fourth-order valence-electron chi connectivity index (χ4n) is 1.39. The van der Waals surface area contributed by atoms with E-state index in [2.05, 4.69) is 0 Å². The van der Waals surface area contributed by atoms with Gasteiger partial charge in [-0.1, -0.05) is 13.8 Å². The van der Waals surface area contributed by atoms with Gasteiger partial charge in [-0.3, -0.25) is 9.59 Å². The molecular formula is C10H19NO2S. The van der Waals surface area contributed by atoms with Gasteiger partial charge in [-0.2, -0.15) is 0 Å². The Balaban J connectivity index is 4.67. The average Bonchev–Trinajstić information content (AvgIpc) is 2.13. The molecular weight excluding hydrogens is 198 g/mol. The number of nitrogens with two attached hydrogens (primary N) is 1. The lowest BCUT2D eigenvalue weighted by Gasteiger charge is -2.30. The van der Waals surface area contributed by atoms with E-state index in [1.807, 2.05) is 13.8 Å². The number of thioether (sulfide) groups is 1. The third kappa shape index (κ3) is 3.01. The summed E-state index contributed by atoms with van der Waals surface area (Å²) < 4.78 is -0.436. The van der Waals surface area contributed by atoms with Crippen molar-refractivity contribution in [3.05, 3.63) is 0 Å². The van der Waals surface area contributed by atoms with Gasteiger partial charge in [0.25, 0.3) is 0 Å². The number of rotatable bonds is 6. The van der Waals surface area contributed by atoms with E-state index in [0.717, 1.165) is 12.8 Å². The lowest BCUT2D eigenvalue weighted by atomic mass is 9.98. The van der Waals surface area contributed by atoms with Crippen LogP contribution < -0.4 is 5.73 Å². The van der Waals surface area contributed by atoms with E-state index in [1.165, 1.54) is 11.8 Å². The molecule has 3 nitrogen and oxygen atoms in total. The fraction of sp³-hybridized carbons (Fsp3) is 0.800. The Hall–Kier alpha value is -0.510. The van der Waals surface area contributed by atoms with Crippen LogP contribution in [-0.2, 0) is 9.59 Å². The van der Waals surface area contributed by atoms with Gasteiger partial charge >= 0.3 is 0 Å². The number of carbonyl (C=O) groups is 2. The summed E-state index contributed by atoms with van der Waals surface area (Å²) in [6.07, 6.45) is 1.47. The second kappa shape index (κ2) is 5.39. The molecule has 0 rings (SSSR count). The third-order valence-corrected chi connectivity index (χ3v) is 4.49. The summed E-state index contributed by atoms with van der Waals surface area (Å²) in [5.41, 5.74) is 5.18. The Bertz CT molecular complexity index is 224. The van der Waals surface area contributed by atoms with E-state index in [1.54, 1.807) is 13.8 Å². The van der Waals surface area contributed by atoms with Gasteiger partial charge in [0, 0.05) is 0 Å². The van der Waals surface area contributed by atoms with Crippen LogP contribution in [-0.4, -0.2) is 21.7 Å². The summed E-state index contributed by atoms with van der Waals surface area (Å²) >= 11 is 1.38. The first kappa shape index (κ1) is 13.5. The molecule has 0 aliphatic carbocycles. The molecule has 0 aromatic rings. The van der Waals surface area contributed by atoms with Crippen LogP contribution in [0.5, 0.6) is 0 Å². The summed E-state index contributed by atoms with van der Waals surface area (Å²) in [5.74, 6) is -0.233. The molecule has 0 aliphatic heterocycles. The largest absolute Gasteiger partial charge is 0.369 e. The maximum atomic E-state index is 11.5. The van der Waals surface area contributed by atoms with Crippen LogP contribution in [0.15, 0.2) is 0 Å². The van der Waals surface area contributed by atoms with Crippen molar-refractivity contribution < 1.29 is 9.59 Å². The zero-order valence-electron chi connectivity index (χ0n) is 9.29. The van der Waals surface area contributed by atoms with Crippen LogP contribution in [0.4, 0.5) is 0 Å². The van der Waals surface area contributed by atoms with Crippen molar-refractivity contribution in [3.63, 3.8) is 0 Å². The molecule has 0 aromatic heterocycles. The van der Waals surface area contributed by atoms with Crippen molar-refractivity contribution in [1.29, 1.82) is 0 Å². The van der Waals surface area contributed by atoms with Crippen molar-refractivity contribution in [1.82, 2.24) is 0 Å². The van der Waals surface area contributed by atoms with Gasteiger partial charge in [0.05, 0.1) is 10.00 Å². The van der Waals surface area contributed by atoms with Crippen LogP contribution in [0, 0.1) is 0 Å². The summed E-state index contributed by atoms with van der Waals surface area (Å²) in [4.78, 5) is 22.4. The quantitative estimate of drug-likeness (QED) is 0.737. The molecule has 0 heterocycles. The van der Waals surface area contributed by atoms with Gasteiger partial charge in [-0.05, 0) is 26.7 Å². The van der Waals surface area contributed by atoms with Gasteiger partial charge < -0.3 is 5.73 Å². The molecule has 0 aromatic carbocycles. The highest BCUT2D eigenvalue weighted by Crippen LogP contribution is 2.36. The third-order valence-electron chi connectivity index (χ3n) is 2.59. The molecule has 1 atom stereocenters. The van der Waals surface area contributed by atoms with Gasteiger partial charge in [-0.15, -0.1) is 11.8 Å². The Kier molecular flexibility index (Phi) is 5.19. The lowest BCUT2D eigenvalue weighted by Crippen LogP contribution is -2.37. The number of amides is 1. The molecule has 1 unspecified atom stereocenters. The molecule has 2 N–H and O–H groups in total. The summed E-state index contributed by atoms with van der Waals surface area (Å²) in [6.45, 7) is 7.25. The molecule has 82 valence electrons. The zero-order valence-corrected chi connectivity index (χ0v) is 10.1. The lowest BCUT2D eigenvalue weighted by molar-refractivity contribution is -0.119. The predicted molar refractivity (Wildman–Crippen MR) is 60.2 cm³/mol. The summed E-state index contributed by atoms with van der Waals surface area (Å²) in [6, 6.07) is 0. The van der Waals surface area contributed by atoms with E-state index in [4.69, 9.17) is 5.73 Å². The minimum atomic E-state index is -0.436. The van der Waals surface area contributed by atoms with Crippen molar-refractivity contribution in [2.24, 2.45) is 5.73 Å². The van der Waals surface area contributed by atoms with E-state index < -0.39 is 4.75 Å². The molecule has 0 spiro atoms. The number of carbonyl (C=O) groups excluding carboxylic acids is 2. The van der Waals surface area contributed by atoms with E-state index >= 15 is 0 Å². The Morgan fingerprint density at radius 3 is 2.00 bits per heavy atom. The molecule has 0 saturated carbocycles. The minimum Gasteiger partial charge on any atom is -0.369 e. The van der Waals surface area contributed by atoms with E-state index in [0.29, 0.717) is 0 Å². The summed E-state index contributed by atoms with van der Waals surface area (Å²) in [5, 5.41) is -0.307. The zero-order chi connectivity index (χ0) is 11.4. The van der Waals surface area contributed by atoms with Crippen LogP contribution in [0.2, 0.25) is 0 Å². The fourth-order valence-corrected chi connectivity index (χ4v) is 2.69. The number of ketones is 1. The minimum absolute atomic E-state index is 0.126. The molecule has 0 aliphatic rings. The summed E-state index contributed by atoms with van der Waals surface area (Å²) in [7, 11) is 0. The number of Topliss-reactive ketones (excluding diaryl/α,β-unsaturated/α-hetero) is 1. The van der Waals surface area contributed by atoms with Gasteiger partial charge in [0.2, 0.25) is 5.91 Å². The Labute approximate surface area is 89.8 Å². The van der Waals surface area contributed by atoms with Crippen molar-refractivity contribution in [2.45, 2.75) is 50.5 Å². The average molecular weight is 217 g/mol. The number of primary amides is 1. The van der Waals surface area contributed by atoms with Gasteiger partial charge in [-0.25, -0.2) is 0 Å². The van der Waals surface area contributed by atoms with Gasteiger partial charge in [0.15, 0.2) is 0 Å². The van der Waals surface area contributed by atoms with Crippen molar-refractivity contribution in [3.8, 4) is 0 Å². The molecule has 0 saturated heterocycles. The standard InChI is InChI=1S/C10H19NO2S/c1-5-10(6-2,8(4)12)14-7(3)9(11)13/h7H,5-6H2,1-4H3,(H2,11,13). The van der Waals surface area contributed by atoms with E-state index in [9.17, 15) is 9.59 Å². The van der Waals surface area contributed by atoms with Crippen molar-refractivity contribution >= 4 is 23.5 Å². The van der Waals surface area contributed by atoms with Crippen LogP contribution in [0.25, 0.3) is 0 Å². The Morgan fingerprint density at radius 2 is 1.79 bits per heavy atom. The first-order valence-electron chi connectivity index (χ1n) is 4.87. The molecule has 4 heteroatoms. The number of hydrogen-bond acceptors (Lipinski definition) is 3. The topological polar surface area (TPSA) is 60.2 Å².